The first-order valence-corrected chi connectivity index (χ1v) is 5.43. The first kappa shape index (κ1) is 14.9. The highest BCUT2D eigenvalue weighted by atomic mass is 16.5. The van der Waals surface area contributed by atoms with E-state index < -0.39 is 0 Å². The van der Waals surface area contributed by atoms with Gasteiger partial charge in [0.25, 0.3) is 0 Å². The van der Waals surface area contributed by atoms with Crippen LogP contribution in [-0.4, -0.2) is 50.2 Å². The average molecular weight is 231 g/mol. The lowest BCUT2D eigenvalue weighted by molar-refractivity contribution is -0.143. The largest absolute Gasteiger partial charge is 0.469 e. The molecule has 0 saturated carbocycles. The van der Waals surface area contributed by atoms with Crippen molar-refractivity contribution >= 4 is 11.9 Å². The minimum atomic E-state index is -0.240. The van der Waals surface area contributed by atoms with E-state index in [9.17, 15) is 9.59 Å². The molecule has 0 N–H and O–H groups in total. The molecule has 94 valence electrons. The van der Waals surface area contributed by atoms with Gasteiger partial charge in [-0.3, -0.25) is 9.59 Å². The van der Waals surface area contributed by atoms with Gasteiger partial charge in [0.2, 0.25) is 0 Å². The standard InChI is InChI=1S/C11H21NO4/c1-5-16-10(13)6-7-12(3)9(2)8-11(14)15-4/h9H,5-8H2,1-4H3. The quantitative estimate of drug-likeness (QED) is 0.607. The molecule has 0 aromatic carbocycles. The van der Waals surface area contributed by atoms with Gasteiger partial charge in [-0.2, -0.15) is 0 Å². The summed E-state index contributed by atoms with van der Waals surface area (Å²) in [5, 5.41) is 0. The van der Waals surface area contributed by atoms with Crippen LogP contribution in [0.15, 0.2) is 0 Å². The maximum Gasteiger partial charge on any atom is 0.307 e. The summed E-state index contributed by atoms with van der Waals surface area (Å²) in [7, 11) is 3.24. The van der Waals surface area contributed by atoms with Crippen molar-refractivity contribution in [3.8, 4) is 0 Å². The van der Waals surface area contributed by atoms with Gasteiger partial charge in [0.15, 0.2) is 0 Å². The van der Waals surface area contributed by atoms with Crippen LogP contribution in [0.1, 0.15) is 26.7 Å². The van der Waals surface area contributed by atoms with Crippen molar-refractivity contribution in [2.75, 3.05) is 27.3 Å². The molecular formula is C11H21NO4. The molecule has 16 heavy (non-hydrogen) atoms. The zero-order valence-electron chi connectivity index (χ0n) is 10.5. The Morgan fingerprint density at radius 1 is 1.31 bits per heavy atom. The monoisotopic (exact) mass is 231 g/mol. The van der Waals surface area contributed by atoms with E-state index in [1.807, 2.05) is 18.9 Å². The van der Waals surface area contributed by atoms with Gasteiger partial charge < -0.3 is 14.4 Å². The Kier molecular flexibility index (Phi) is 7.54. The Hall–Kier alpha value is -1.10. The molecule has 0 aliphatic heterocycles. The molecule has 0 heterocycles. The lowest BCUT2D eigenvalue weighted by Gasteiger charge is -2.23. The van der Waals surface area contributed by atoms with E-state index in [1.54, 1.807) is 6.92 Å². The van der Waals surface area contributed by atoms with Crippen LogP contribution in [0.4, 0.5) is 0 Å². The second kappa shape index (κ2) is 8.10. The van der Waals surface area contributed by atoms with Crippen molar-refractivity contribution in [1.29, 1.82) is 0 Å². The molecular weight excluding hydrogens is 210 g/mol. The first-order chi connectivity index (χ1) is 7.51. The van der Waals surface area contributed by atoms with Gasteiger partial charge in [-0.25, -0.2) is 0 Å². The van der Waals surface area contributed by atoms with Gasteiger partial charge in [0.05, 0.1) is 26.6 Å². The normalized spacial score (nSPS) is 12.3. The fourth-order valence-corrected chi connectivity index (χ4v) is 1.20. The number of carbonyl (C=O) groups is 2. The highest BCUT2D eigenvalue weighted by molar-refractivity contribution is 5.70. The number of methoxy groups -OCH3 is 1. The summed E-state index contributed by atoms with van der Waals surface area (Å²) in [6.07, 6.45) is 0.672. The van der Waals surface area contributed by atoms with Crippen LogP contribution in [0, 0.1) is 0 Å². The van der Waals surface area contributed by atoms with Gasteiger partial charge in [-0.15, -0.1) is 0 Å². The SMILES string of the molecule is CCOC(=O)CCN(C)C(C)CC(=O)OC. The predicted octanol–water partition coefficient (Wildman–Crippen LogP) is 0.823. The third kappa shape index (κ3) is 6.40. The first-order valence-electron chi connectivity index (χ1n) is 5.43. The van der Waals surface area contributed by atoms with Crippen LogP contribution in [0.2, 0.25) is 0 Å². The Bertz CT molecular complexity index is 230. The summed E-state index contributed by atoms with van der Waals surface area (Å²) in [5.74, 6) is -0.449. The lowest BCUT2D eigenvalue weighted by atomic mass is 10.2. The van der Waals surface area contributed by atoms with E-state index in [0.717, 1.165) is 0 Å². The summed E-state index contributed by atoms with van der Waals surface area (Å²) < 4.78 is 9.40. The smallest absolute Gasteiger partial charge is 0.307 e. The molecule has 0 spiro atoms. The fourth-order valence-electron chi connectivity index (χ4n) is 1.20. The number of carbonyl (C=O) groups excluding carboxylic acids is 2. The second-order valence-electron chi connectivity index (χ2n) is 3.66. The van der Waals surface area contributed by atoms with Crippen molar-refractivity contribution in [3.05, 3.63) is 0 Å². The molecule has 0 aromatic rings. The molecule has 1 atom stereocenters. The summed E-state index contributed by atoms with van der Waals surface area (Å²) in [6, 6.07) is 0.0573. The molecule has 0 fully saturated rings. The Morgan fingerprint density at radius 2 is 1.94 bits per heavy atom. The fraction of sp³-hybridized carbons (Fsp3) is 0.818. The summed E-state index contributed by atoms with van der Waals surface area (Å²) >= 11 is 0. The minimum Gasteiger partial charge on any atom is -0.469 e. The molecule has 5 nitrogen and oxygen atoms in total. The van der Waals surface area contributed by atoms with E-state index >= 15 is 0 Å². The van der Waals surface area contributed by atoms with E-state index in [2.05, 4.69) is 4.74 Å². The topological polar surface area (TPSA) is 55.8 Å². The second-order valence-corrected chi connectivity index (χ2v) is 3.66. The van der Waals surface area contributed by atoms with Gasteiger partial charge in [0, 0.05) is 12.6 Å². The highest BCUT2D eigenvalue weighted by Crippen LogP contribution is 2.03. The van der Waals surface area contributed by atoms with Crippen molar-refractivity contribution in [2.24, 2.45) is 0 Å². The number of hydrogen-bond donors (Lipinski definition) is 0. The molecule has 0 aromatic heterocycles. The zero-order valence-corrected chi connectivity index (χ0v) is 10.5. The van der Waals surface area contributed by atoms with Gasteiger partial charge >= 0.3 is 11.9 Å². The Labute approximate surface area is 96.7 Å². The van der Waals surface area contributed by atoms with Crippen molar-refractivity contribution < 1.29 is 19.1 Å². The maximum absolute atomic E-state index is 11.1. The molecule has 0 aliphatic carbocycles. The zero-order chi connectivity index (χ0) is 12.6. The number of nitrogens with zero attached hydrogens (tertiary/aromatic N) is 1. The molecule has 0 rings (SSSR count). The van der Waals surface area contributed by atoms with Gasteiger partial charge in [-0.1, -0.05) is 0 Å². The summed E-state index contributed by atoms with van der Waals surface area (Å²) in [4.78, 5) is 24.1. The van der Waals surface area contributed by atoms with Crippen LogP contribution in [0.5, 0.6) is 0 Å². The molecule has 0 aliphatic rings. The van der Waals surface area contributed by atoms with Gasteiger partial charge in [-0.05, 0) is 20.9 Å². The Morgan fingerprint density at radius 3 is 2.44 bits per heavy atom. The molecule has 0 saturated heterocycles. The molecule has 0 bridgehead atoms. The van der Waals surface area contributed by atoms with Crippen LogP contribution < -0.4 is 0 Å². The van der Waals surface area contributed by atoms with Crippen molar-refractivity contribution in [2.45, 2.75) is 32.7 Å². The number of ether oxygens (including phenoxy) is 2. The average Bonchev–Trinajstić information content (AvgIpc) is 2.25. The third-order valence-corrected chi connectivity index (χ3v) is 2.42. The number of rotatable bonds is 7. The maximum atomic E-state index is 11.1. The number of hydrogen-bond acceptors (Lipinski definition) is 5. The van der Waals surface area contributed by atoms with E-state index in [4.69, 9.17) is 4.74 Å². The highest BCUT2D eigenvalue weighted by Gasteiger charge is 2.15. The predicted molar refractivity (Wildman–Crippen MR) is 60.0 cm³/mol. The summed E-state index contributed by atoms with van der Waals surface area (Å²) in [5.41, 5.74) is 0. The van der Waals surface area contributed by atoms with Crippen LogP contribution >= 0.6 is 0 Å². The van der Waals surface area contributed by atoms with Crippen LogP contribution in [0.3, 0.4) is 0 Å². The Balaban J connectivity index is 3.82. The van der Waals surface area contributed by atoms with Crippen molar-refractivity contribution in [3.63, 3.8) is 0 Å². The van der Waals surface area contributed by atoms with Gasteiger partial charge in [0.1, 0.15) is 0 Å². The molecule has 0 amide bonds. The molecule has 5 heteroatoms. The van der Waals surface area contributed by atoms with Crippen LogP contribution in [-0.2, 0) is 19.1 Å². The lowest BCUT2D eigenvalue weighted by Crippen LogP contribution is -2.33. The van der Waals surface area contributed by atoms with Crippen molar-refractivity contribution in [1.82, 2.24) is 4.90 Å². The van der Waals surface area contributed by atoms with Crippen LogP contribution in [0.25, 0.3) is 0 Å². The third-order valence-electron chi connectivity index (χ3n) is 2.42. The van der Waals surface area contributed by atoms with E-state index in [1.165, 1.54) is 7.11 Å². The molecule has 1 unspecified atom stereocenters. The van der Waals surface area contributed by atoms with E-state index in [0.29, 0.717) is 26.0 Å². The minimum absolute atomic E-state index is 0.0573. The molecule has 0 radical (unpaired) electrons. The summed E-state index contributed by atoms with van der Waals surface area (Å²) in [6.45, 7) is 4.68. The number of esters is 2. The van der Waals surface area contributed by atoms with E-state index in [-0.39, 0.29) is 18.0 Å².